The van der Waals surface area contributed by atoms with Crippen LogP contribution in [0.2, 0.25) is 0 Å². The standard InChI is InChI=1S/C16H20FN3O/c1-2-3-7-14-11-15(20-19-14)18-16(21)9-8-12-5-4-6-13(17)10-12/h4-6,10-11H,2-3,7-9H2,1H3,(H2,18,19,20,21). The molecule has 1 amide bonds. The monoisotopic (exact) mass is 289 g/mol. The fourth-order valence-corrected chi connectivity index (χ4v) is 2.08. The fraction of sp³-hybridized carbons (Fsp3) is 0.375. The highest BCUT2D eigenvalue weighted by Crippen LogP contribution is 2.10. The Hall–Kier alpha value is -2.17. The largest absolute Gasteiger partial charge is 0.309 e. The predicted molar refractivity (Wildman–Crippen MR) is 80.6 cm³/mol. The summed E-state index contributed by atoms with van der Waals surface area (Å²) in [4.78, 5) is 11.8. The summed E-state index contributed by atoms with van der Waals surface area (Å²) in [5.41, 5.74) is 1.84. The number of H-pyrrole nitrogens is 1. The Kier molecular flexibility index (Phi) is 5.49. The Labute approximate surface area is 123 Å². The lowest BCUT2D eigenvalue weighted by Crippen LogP contribution is -2.12. The van der Waals surface area contributed by atoms with E-state index < -0.39 is 0 Å². The van der Waals surface area contributed by atoms with Gasteiger partial charge < -0.3 is 5.32 Å². The number of hydrogen-bond donors (Lipinski definition) is 2. The van der Waals surface area contributed by atoms with Crippen molar-refractivity contribution in [3.05, 3.63) is 47.4 Å². The smallest absolute Gasteiger partial charge is 0.225 e. The Morgan fingerprint density at radius 3 is 2.95 bits per heavy atom. The molecule has 0 saturated heterocycles. The summed E-state index contributed by atoms with van der Waals surface area (Å²) in [6, 6.07) is 8.16. The van der Waals surface area contributed by atoms with Crippen molar-refractivity contribution >= 4 is 11.7 Å². The van der Waals surface area contributed by atoms with E-state index in [2.05, 4.69) is 22.4 Å². The van der Waals surface area contributed by atoms with Crippen molar-refractivity contribution in [2.24, 2.45) is 0 Å². The zero-order valence-corrected chi connectivity index (χ0v) is 12.2. The Morgan fingerprint density at radius 2 is 2.19 bits per heavy atom. The highest BCUT2D eigenvalue weighted by Gasteiger charge is 2.07. The van der Waals surface area contributed by atoms with Crippen LogP contribution in [0.4, 0.5) is 10.2 Å². The maximum atomic E-state index is 13.0. The van der Waals surface area contributed by atoms with Crippen molar-refractivity contribution in [3.63, 3.8) is 0 Å². The molecule has 0 fully saturated rings. The van der Waals surface area contributed by atoms with Crippen LogP contribution >= 0.6 is 0 Å². The molecule has 0 aliphatic rings. The van der Waals surface area contributed by atoms with Gasteiger partial charge in [-0.15, -0.1) is 0 Å². The van der Waals surface area contributed by atoms with Crippen molar-refractivity contribution in [1.29, 1.82) is 0 Å². The summed E-state index contributed by atoms with van der Waals surface area (Å²) in [5.74, 6) is 0.152. The topological polar surface area (TPSA) is 57.8 Å². The van der Waals surface area contributed by atoms with Gasteiger partial charge in [0.15, 0.2) is 5.82 Å². The molecule has 21 heavy (non-hydrogen) atoms. The molecule has 2 N–H and O–H groups in total. The molecule has 0 bridgehead atoms. The van der Waals surface area contributed by atoms with Crippen LogP contribution in [0.5, 0.6) is 0 Å². The molecule has 1 heterocycles. The number of carbonyl (C=O) groups excluding carboxylic acids is 1. The number of amides is 1. The van der Waals surface area contributed by atoms with E-state index in [0.717, 1.165) is 30.5 Å². The lowest BCUT2D eigenvalue weighted by molar-refractivity contribution is -0.116. The normalized spacial score (nSPS) is 10.6. The summed E-state index contributed by atoms with van der Waals surface area (Å²) in [6.45, 7) is 2.13. The Balaban J connectivity index is 1.80. The first-order valence-electron chi connectivity index (χ1n) is 7.26. The van der Waals surface area contributed by atoms with Gasteiger partial charge >= 0.3 is 0 Å². The van der Waals surface area contributed by atoms with Crippen LogP contribution < -0.4 is 5.32 Å². The number of aromatic amines is 1. The minimum absolute atomic E-state index is 0.118. The van der Waals surface area contributed by atoms with Gasteiger partial charge in [-0.1, -0.05) is 25.5 Å². The van der Waals surface area contributed by atoms with E-state index in [9.17, 15) is 9.18 Å². The molecule has 0 radical (unpaired) electrons. The maximum absolute atomic E-state index is 13.0. The van der Waals surface area contributed by atoms with Gasteiger partial charge in [0.2, 0.25) is 5.91 Å². The van der Waals surface area contributed by atoms with E-state index in [0.29, 0.717) is 18.7 Å². The van der Waals surface area contributed by atoms with Gasteiger partial charge in [-0.25, -0.2) is 4.39 Å². The first kappa shape index (κ1) is 15.2. The number of benzene rings is 1. The molecule has 1 aromatic heterocycles. The minimum atomic E-state index is -0.277. The summed E-state index contributed by atoms with van der Waals surface area (Å²) in [7, 11) is 0. The zero-order valence-electron chi connectivity index (χ0n) is 12.2. The molecule has 2 rings (SSSR count). The first-order valence-corrected chi connectivity index (χ1v) is 7.26. The second-order valence-electron chi connectivity index (χ2n) is 5.06. The molecule has 0 spiro atoms. The molecule has 0 atom stereocenters. The molecule has 0 unspecified atom stereocenters. The van der Waals surface area contributed by atoms with Crippen molar-refractivity contribution < 1.29 is 9.18 Å². The number of aromatic nitrogens is 2. The lowest BCUT2D eigenvalue weighted by atomic mass is 10.1. The van der Waals surface area contributed by atoms with E-state index in [4.69, 9.17) is 0 Å². The molecule has 2 aromatic rings. The van der Waals surface area contributed by atoms with Crippen LogP contribution in [0.1, 0.15) is 37.4 Å². The number of unbranched alkanes of at least 4 members (excludes halogenated alkanes) is 1. The average molecular weight is 289 g/mol. The lowest BCUT2D eigenvalue weighted by Gasteiger charge is -2.02. The number of carbonyl (C=O) groups is 1. The quantitative estimate of drug-likeness (QED) is 0.820. The first-order chi connectivity index (χ1) is 10.2. The van der Waals surface area contributed by atoms with Crippen LogP contribution in [0.15, 0.2) is 30.3 Å². The average Bonchev–Trinajstić information content (AvgIpc) is 2.90. The van der Waals surface area contributed by atoms with Gasteiger partial charge in [0.25, 0.3) is 0 Å². The van der Waals surface area contributed by atoms with Gasteiger partial charge in [0.05, 0.1) is 0 Å². The number of halogens is 1. The third-order valence-corrected chi connectivity index (χ3v) is 3.23. The third-order valence-electron chi connectivity index (χ3n) is 3.23. The van der Waals surface area contributed by atoms with Gasteiger partial charge in [-0.2, -0.15) is 5.10 Å². The second kappa shape index (κ2) is 7.57. The SMILES string of the molecule is CCCCc1cc(NC(=O)CCc2cccc(F)c2)n[nH]1. The van der Waals surface area contributed by atoms with Gasteiger partial charge in [0.1, 0.15) is 5.82 Å². The molecule has 0 saturated carbocycles. The third kappa shape index (κ3) is 5.02. The van der Waals surface area contributed by atoms with Gasteiger partial charge in [-0.3, -0.25) is 9.89 Å². The number of nitrogens with zero attached hydrogens (tertiary/aromatic N) is 1. The maximum Gasteiger partial charge on any atom is 0.225 e. The van der Waals surface area contributed by atoms with Crippen molar-refractivity contribution in [2.45, 2.75) is 39.0 Å². The summed E-state index contributed by atoms with van der Waals surface area (Å²) in [6.07, 6.45) is 3.96. The molecule has 1 aromatic carbocycles. The van der Waals surface area contributed by atoms with E-state index in [1.807, 2.05) is 12.1 Å². The number of hydrogen-bond acceptors (Lipinski definition) is 2. The summed E-state index contributed by atoms with van der Waals surface area (Å²) >= 11 is 0. The number of rotatable bonds is 7. The highest BCUT2D eigenvalue weighted by molar-refractivity contribution is 5.89. The minimum Gasteiger partial charge on any atom is -0.309 e. The van der Waals surface area contributed by atoms with E-state index in [1.54, 1.807) is 6.07 Å². The van der Waals surface area contributed by atoms with Crippen molar-refractivity contribution in [1.82, 2.24) is 10.2 Å². The van der Waals surface area contributed by atoms with Crippen molar-refractivity contribution in [2.75, 3.05) is 5.32 Å². The van der Waals surface area contributed by atoms with Crippen molar-refractivity contribution in [3.8, 4) is 0 Å². The van der Waals surface area contributed by atoms with Crippen LogP contribution in [-0.2, 0) is 17.6 Å². The Bertz CT molecular complexity index is 595. The van der Waals surface area contributed by atoms with Crippen LogP contribution in [0.3, 0.4) is 0 Å². The number of aryl methyl sites for hydroxylation is 2. The predicted octanol–water partition coefficient (Wildman–Crippen LogP) is 3.46. The summed E-state index contributed by atoms with van der Waals surface area (Å²) in [5, 5.41) is 9.72. The molecular weight excluding hydrogens is 269 g/mol. The molecule has 4 nitrogen and oxygen atoms in total. The molecule has 112 valence electrons. The molecule has 0 aliphatic heterocycles. The summed E-state index contributed by atoms with van der Waals surface area (Å²) < 4.78 is 13.0. The van der Waals surface area contributed by atoms with Crippen LogP contribution in [0.25, 0.3) is 0 Å². The van der Waals surface area contributed by atoms with E-state index in [-0.39, 0.29) is 11.7 Å². The number of nitrogens with one attached hydrogen (secondary N) is 2. The fourth-order valence-electron chi connectivity index (χ4n) is 2.08. The van der Waals surface area contributed by atoms with E-state index in [1.165, 1.54) is 12.1 Å². The van der Waals surface area contributed by atoms with Crippen LogP contribution in [0, 0.1) is 5.82 Å². The van der Waals surface area contributed by atoms with E-state index >= 15 is 0 Å². The van der Waals surface area contributed by atoms with Crippen LogP contribution in [-0.4, -0.2) is 16.1 Å². The van der Waals surface area contributed by atoms with Gasteiger partial charge in [-0.05, 0) is 37.0 Å². The Morgan fingerprint density at radius 1 is 1.33 bits per heavy atom. The molecule has 0 aliphatic carbocycles. The van der Waals surface area contributed by atoms with Gasteiger partial charge in [0, 0.05) is 18.2 Å². The number of anilines is 1. The molecular formula is C16H20FN3O. The zero-order chi connectivity index (χ0) is 15.1. The highest BCUT2D eigenvalue weighted by atomic mass is 19.1. The molecule has 5 heteroatoms. The second-order valence-corrected chi connectivity index (χ2v) is 5.06.